The number of non-ortho nitro benzene ring substituents is 1. The minimum absolute atomic E-state index is 0.00590. The number of nitro benzene ring substituents is 1. The molecule has 1 amide bonds. The highest BCUT2D eigenvalue weighted by Gasteiger charge is 2.12. The van der Waals surface area contributed by atoms with E-state index in [9.17, 15) is 14.9 Å². The minimum Gasteiger partial charge on any atom is -0.352 e. The molecule has 0 fully saturated rings. The Morgan fingerprint density at radius 2 is 2.11 bits per heavy atom. The summed E-state index contributed by atoms with van der Waals surface area (Å²) in [7, 11) is 0. The van der Waals surface area contributed by atoms with Crippen molar-refractivity contribution < 1.29 is 9.72 Å². The van der Waals surface area contributed by atoms with Crippen molar-refractivity contribution in [2.24, 2.45) is 0 Å². The Labute approximate surface area is 120 Å². The van der Waals surface area contributed by atoms with Gasteiger partial charge in [-0.2, -0.15) is 0 Å². The van der Waals surface area contributed by atoms with Crippen molar-refractivity contribution in [2.45, 2.75) is 26.2 Å². The molecule has 0 spiro atoms. The van der Waals surface area contributed by atoms with Gasteiger partial charge in [0.05, 0.1) is 4.92 Å². The lowest BCUT2D eigenvalue weighted by molar-refractivity contribution is -0.384. The number of aryl methyl sites for hydroxylation is 1. The van der Waals surface area contributed by atoms with Gasteiger partial charge in [-0.1, -0.05) is 22.4 Å². The maximum atomic E-state index is 11.9. The Morgan fingerprint density at radius 1 is 1.37 bits per heavy atom. The van der Waals surface area contributed by atoms with E-state index in [2.05, 4.69) is 21.2 Å². The highest BCUT2D eigenvalue weighted by Crippen LogP contribution is 2.17. The van der Waals surface area contributed by atoms with Gasteiger partial charge >= 0.3 is 0 Å². The summed E-state index contributed by atoms with van der Waals surface area (Å²) in [5.41, 5.74) is 1.12. The van der Waals surface area contributed by atoms with Gasteiger partial charge < -0.3 is 5.32 Å². The molecule has 19 heavy (non-hydrogen) atoms. The Kier molecular flexibility index (Phi) is 6.49. The summed E-state index contributed by atoms with van der Waals surface area (Å²) in [5.74, 6) is -0.175. The fraction of sp³-hybridized carbons (Fsp3) is 0.462. The van der Waals surface area contributed by atoms with Crippen molar-refractivity contribution in [1.29, 1.82) is 0 Å². The second-order valence-corrected chi connectivity index (χ2v) is 5.05. The number of unbranched alkanes of at least 4 members (excludes halogenated alkanes) is 2. The number of alkyl halides is 1. The van der Waals surface area contributed by atoms with Crippen LogP contribution in [0.25, 0.3) is 0 Å². The molecule has 0 atom stereocenters. The molecule has 0 saturated heterocycles. The Bertz CT molecular complexity index is 463. The van der Waals surface area contributed by atoms with Crippen LogP contribution in [0, 0.1) is 17.0 Å². The molecule has 0 unspecified atom stereocenters. The lowest BCUT2D eigenvalue weighted by Gasteiger charge is -2.07. The summed E-state index contributed by atoms with van der Waals surface area (Å²) < 4.78 is 0. The van der Waals surface area contributed by atoms with Gasteiger partial charge in [-0.05, 0) is 31.4 Å². The number of carbonyl (C=O) groups is 1. The second kappa shape index (κ2) is 7.89. The van der Waals surface area contributed by atoms with Crippen molar-refractivity contribution in [1.82, 2.24) is 5.32 Å². The Balaban J connectivity index is 2.55. The quantitative estimate of drug-likeness (QED) is 0.361. The van der Waals surface area contributed by atoms with Crippen molar-refractivity contribution in [3.63, 3.8) is 0 Å². The molecule has 5 nitrogen and oxygen atoms in total. The van der Waals surface area contributed by atoms with Crippen LogP contribution in [0.15, 0.2) is 18.2 Å². The largest absolute Gasteiger partial charge is 0.352 e. The van der Waals surface area contributed by atoms with Crippen LogP contribution in [0.3, 0.4) is 0 Å². The maximum absolute atomic E-state index is 11.9. The van der Waals surface area contributed by atoms with Crippen LogP contribution in [-0.4, -0.2) is 22.7 Å². The number of nitrogens with one attached hydrogen (secondary N) is 1. The number of benzene rings is 1. The number of carbonyl (C=O) groups excluding carboxylic acids is 1. The molecule has 0 saturated carbocycles. The van der Waals surface area contributed by atoms with Crippen molar-refractivity contribution in [3.05, 3.63) is 39.4 Å². The van der Waals surface area contributed by atoms with E-state index in [1.807, 2.05) is 0 Å². The number of nitrogens with zero attached hydrogens (tertiary/aromatic N) is 1. The molecular weight excluding hydrogens is 312 g/mol. The average molecular weight is 329 g/mol. The molecule has 0 bridgehead atoms. The van der Waals surface area contributed by atoms with E-state index in [0.29, 0.717) is 17.7 Å². The summed E-state index contributed by atoms with van der Waals surface area (Å²) in [5, 5.41) is 14.4. The third-order valence-electron chi connectivity index (χ3n) is 2.76. The zero-order chi connectivity index (χ0) is 14.3. The molecule has 6 heteroatoms. The normalized spacial score (nSPS) is 10.2. The molecule has 0 aromatic heterocycles. The van der Waals surface area contributed by atoms with E-state index in [4.69, 9.17) is 0 Å². The first-order chi connectivity index (χ1) is 9.06. The predicted molar refractivity (Wildman–Crippen MR) is 77.8 cm³/mol. The minimum atomic E-state index is -0.463. The molecule has 1 rings (SSSR count). The Hall–Kier alpha value is -1.43. The summed E-state index contributed by atoms with van der Waals surface area (Å²) in [6.07, 6.45) is 3.08. The van der Waals surface area contributed by atoms with Crippen LogP contribution in [0.4, 0.5) is 5.69 Å². The molecule has 104 valence electrons. The molecule has 0 heterocycles. The van der Waals surface area contributed by atoms with Crippen molar-refractivity contribution in [3.8, 4) is 0 Å². The van der Waals surface area contributed by atoms with E-state index in [0.717, 1.165) is 24.6 Å². The molecule has 0 radical (unpaired) electrons. The molecule has 0 aliphatic heterocycles. The fourth-order valence-corrected chi connectivity index (χ4v) is 2.11. The third kappa shape index (κ3) is 4.98. The number of rotatable bonds is 7. The summed E-state index contributed by atoms with van der Waals surface area (Å²) >= 11 is 3.35. The van der Waals surface area contributed by atoms with Gasteiger partial charge in [-0.15, -0.1) is 0 Å². The highest BCUT2D eigenvalue weighted by molar-refractivity contribution is 9.09. The van der Waals surface area contributed by atoms with Gasteiger partial charge in [0.15, 0.2) is 0 Å². The number of nitro groups is 1. The monoisotopic (exact) mass is 328 g/mol. The second-order valence-electron chi connectivity index (χ2n) is 4.26. The lowest BCUT2D eigenvalue weighted by atomic mass is 10.1. The van der Waals surface area contributed by atoms with Gasteiger partial charge in [-0.25, -0.2) is 0 Å². The number of halogens is 1. The lowest BCUT2D eigenvalue weighted by Crippen LogP contribution is -2.25. The van der Waals surface area contributed by atoms with Crippen LogP contribution >= 0.6 is 15.9 Å². The molecule has 0 aliphatic carbocycles. The summed E-state index contributed by atoms with van der Waals surface area (Å²) in [4.78, 5) is 22.0. The zero-order valence-corrected chi connectivity index (χ0v) is 12.4. The molecular formula is C13H17BrN2O3. The fourth-order valence-electron chi connectivity index (χ4n) is 1.71. The first-order valence-corrected chi connectivity index (χ1v) is 7.27. The van der Waals surface area contributed by atoms with Gasteiger partial charge in [0.2, 0.25) is 0 Å². The number of amides is 1. The standard InChI is InChI=1S/C13H17BrN2O3/c1-10-9-11(16(18)19)5-6-12(10)13(17)15-8-4-2-3-7-14/h5-6,9H,2-4,7-8H2,1H3,(H,15,17). The predicted octanol–water partition coefficient (Wildman–Crippen LogP) is 3.20. The van der Waals surface area contributed by atoms with Crippen molar-refractivity contribution >= 4 is 27.5 Å². The van der Waals surface area contributed by atoms with E-state index in [-0.39, 0.29) is 11.6 Å². The summed E-state index contributed by atoms with van der Waals surface area (Å²) in [6.45, 7) is 2.33. The zero-order valence-electron chi connectivity index (χ0n) is 10.8. The summed E-state index contributed by atoms with van der Waals surface area (Å²) in [6, 6.07) is 4.27. The van der Waals surface area contributed by atoms with E-state index in [1.54, 1.807) is 6.92 Å². The SMILES string of the molecule is Cc1cc([N+](=O)[O-])ccc1C(=O)NCCCCCBr. The molecule has 1 N–H and O–H groups in total. The van der Waals surface area contributed by atoms with Crippen LogP contribution in [0.5, 0.6) is 0 Å². The first-order valence-electron chi connectivity index (χ1n) is 6.15. The van der Waals surface area contributed by atoms with Crippen LogP contribution in [-0.2, 0) is 0 Å². The molecule has 1 aromatic carbocycles. The van der Waals surface area contributed by atoms with E-state index >= 15 is 0 Å². The first kappa shape index (κ1) is 15.6. The van der Waals surface area contributed by atoms with E-state index < -0.39 is 4.92 Å². The topological polar surface area (TPSA) is 72.2 Å². The van der Waals surface area contributed by atoms with Gasteiger partial charge in [0, 0.05) is 29.6 Å². The maximum Gasteiger partial charge on any atom is 0.269 e. The molecule has 1 aromatic rings. The van der Waals surface area contributed by atoms with E-state index in [1.165, 1.54) is 18.2 Å². The number of hydrogen-bond acceptors (Lipinski definition) is 3. The average Bonchev–Trinajstić information content (AvgIpc) is 2.38. The smallest absolute Gasteiger partial charge is 0.269 e. The van der Waals surface area contributed by atoms with Crippen molar-refractivity contribution in [2.75, 3.05) is 11.9 Å². The van der Waals surface area contributed by atoms with Crippen LogP contribution in [0.1, 0.15) is 35.2 Å². The third-order valence-corrected chi connectivity index (χ3v) is 3.32. The van der Waals surface area contributed by atoms with Gasteiger partial charge in [-0.3, -0.25) is 14.9 Å². The molecule has 0 aliphatic rings. The van der Waals surface area contributed by atoms with Gasteiger partial charge in [0.1, 0.15) is 0 Å². The van der Waals surface area contributed by atoms with Crippen LogP contribution in [0.2, 0.25) is 0 Å². The van der Waals surface area contributed by atoms with Crippen LogP contribution < -0.4 is 5.32 Å². The number of hydrogen-bond donors (Lipinski definition) is 1. The van der Waals surface area contributed by atoms with Gasteiger partial charge in [0.25, 0.3) is 11.6 Å². The highest BCUT2D eigenvalue weighted by atomic mass is 79.9. The Morgan fingerprint density at radius 3 is 2.68 bits per heavy atom.